The van der Waals surface area contributed by atoms with Crippen molar-refractivity contribution >= 4 is 23.2 Å². The predicted octanol–water partition coefficient (Wildman–Crippen LogP) is 5.18. The molecule has 26 heavy (non-hydrogen) atoms. The number of carbonyl (C=O) groups is 1. The molecular weight excluding hydrogens is 350 g/mol. The fourth-order valence-electron chi connectivity index (χ4n) is 2.45. The van der Waals surface area contributed by atoms with Gasteiger partial charge in [-0.3, -0.25) is 4.79 Å². The first-order chi connectivity index (χ1) is 12.7. The van der Waals surface area contributed by atoms with Crippen LogP contribution in [0.2, 0.25) is 5.02 Å². The van der Waals surface area contributed by atoms with Crippen molar-refractivity contribution in [3.63, 3.8) is 0 Å². The summed E-state index contributed by atoms with van der Waals surface area (Å²) in [5.74, 6) is 1.21. The van der Waals surface area contributed by atoms with Crippen molar-refractivity contribution in [2.24, 2.45) is 0 Å². The molecule has 3 rings (SSSR count). The zero-order chi connectivity index (χ0) is 18.4. The van der Waals surface area contributed by atoms with E-state index >= 15 is 0 Å². The largest absolute Gasteiger partial charge is 0.496 e. The van der Waals surface area contributed by atoms with Crippen LogP contribution in [0.1, 0.15) is 15.9 Å². The van der Waals surface area contributed by atoms with Crippen LogP contribution in [0.3, 0.4) is 0 Å². The fourth-order valence-corrected chi connectivity index (χ4v) is 2.57. The Morgan fingerprint density at radius 1 is 1.00 bits per heavy atom. The molecule has 0 saturated carbocycles. The van der Waals surface area contributed by atoms with Gasteiger partial charge in [0.25, 0.3) is 5.91 Å². The monoisotopic (exact) mass is 367 g/mol. The SMILES string of the molecule is COc1ccc(C(=O)Nc2ccc(Cl)cc2)cc1COc1ccccc1. The Kier molecular flexibility index (Phi) is 5.77. The maximum atomic E-state index is 12.5. The van der Waals surface area contributed by atoms with Gasteiger partial charge in [0.2, 0.25) is 0 Å². The molecule has 0 aliphatic carbocycles. The molecule has 0 radical (unpaired) electrons. The summed E-state index contributed by atoms with van der Waals surface area (Å²) in [5, 5.41) is 3.46. The lowest BCUT2D eigenvalue weighted by molar-refractivity contribution is 0.102. The zero-order valence-corrected chi connectivity index (χ0v) is 15.0. The molecule has 0 atom stereocenters. The molecule has 132 valence electrons. The van der Waals surface area contributed by atoms with E-state index in [0.29, 0.717) is 28.6 Å². The summed E-state index contributed by atoms with van der Waals surface area (Å²) in [5.41, 5.74) is 1.99. The highest BCUT2D eigenvalue weighted by molar-refractivity contribution is 6.30. The van der Waals surface area contributed by atoms with Gasteiger partial charge < -0.3 is 14.8 Å². The standard InChI is InChI=1S/C21H18ClNO3/c1-25-20-12-7-15(21(24)23-18-10-8-17(22)9-11-18)13-16(20)14-26-19-5-3-2-4-6-19/h2-13H,14H2,1H3,(H,23,24). The first kappa shape index (κ1) is 17.8. The molecule has 0 fully saturated rings. The van der Waals surface area contributed by atoms with E-state index in [1.807, 2.05) is 30.3 Å². The second kappa shape index (κ2) is 8.41. The molecule has 0 aliphatic heterocycles. The molecule has 0 spiro atoms. The van der Waals surface area contributed by atoms with Crippen LogP contribution in [0.4, 0.5) is 5.69 Å². The van der Waals surface area contributed by atoms with Crippen molar-refractivity contribution in [3.8, 4) is 11.5 Å². The number of amides is 1. The molecule has 0 unspecified atom stereocenters. The van der Waals surface area contributed by atoms with Crippen LogP contribution in [-0.2, 0) is 6.61 Å². The number of rotatable bonds is 6. The first-order valence-electron chi connectivity index (χ1n) is 8.07. The molecule has 0 heterocycles. The van der Waals surface area contributed by atoms with Crippen molar-refractivity contribution < 1.29 is 14.3 Å². The van der Waals surface area contributed by atoms with Gasteiger partial charge in [-0.25, -0.2) is 0 Å². The average Bonchev–Trinajstić information content (AvgIpc) is 2.68. The Hall–Kier alpha value is -2.98. The van der Waals surface area contributed by atoms with E-state index in [1.54, 1.807) is 49.6 Å². The van der Waals surface area contributed by atoms with Gasteiger partial charge in [-0.05, 0) is 54.6 Å². The molecule has 0 bridgehead atoms. The van der Waals surface area contributed by atoms with Gasteiger partial charge in [-0.2, -0.15) is 0 Å². The molecular formula is C21H18ClNO3. The number of nitrogens with one attached hydrogen (secondary N) is 1. The highest BCUT2D eigenvalue weighted by Gasteiger charge is 2.11. The number of benzene rings is 3. The number of anilines is 1. The molecule has 0 saturated heterocycles. The van der Waals surface area contributed by atoms with Crippen LogP contribution in [0.15, 0.2) is 72.8 Å². The minimum Gasteiger partial charge on any atom is -0.496 e. The van der Waals surface area contributed by atoms with E-state index in [0.717, 1.165) is 11.3 Å². The molecule has 1 N–H and O–H groups in total. The van der Waals surface area contributed by atoms with Crippen molar-refractivity contribution in [1.82, 2.24) is 0 Å². The van der Waals surface area contributed by atoms with Crippen LogP contribution in [0.25, 0.3) is 0 Å². The predicted molar refractivity (Wildman–Crippen MR) is 103 cm³/mol. The second-order valence-electron chi connectivity index (χ2n) is 5.59. The summed E-state index contributed by atoms with van der Waals surface area (Å²) in [6.45, 7) is 0.301. The van der Waals surface area contributed by atoms with E-state index in [9.17, 15) is 4.79 Å². The maximum absolute atomic E-state index is 12.5. The van der Waals surface area contributed by atoms with E-state index in [2.05, 4.69) is 5.32 Å². The summed E-state index contributed by atoms with van der Waals surface area (Å²) in [6.07, 6.45) is 0. The van der Waals surface area contributed by atoms with Crippen LogP contribution in [-0.4, -0.2) is 13.0 Å². The Morgan fingerprint density at radius 2 is 1.73 bits per heavy atom. The van der Waals surface area contributed by atoms with E-state index in [4.69, 9.17) is 21.1 Å². The summed E-state index contributed by atoms with van der Waals surface area (Å²) in [7, 11) is 1.59. The fraction of sp³-hybridized carbons (Fsp3) is 0.0952. The number of methoxy groups -OCH3 is 1. The lowest BCUT2D eigenvalue weighted by Gasteiger charge is -2.12. The van der Waals surface area contributed by atoms with Crippen molar-refractivity contribution in [2.75, 3.05) is 12.4 Å². The maximum Gasteiger partial charge on any atom is 0.255 e. The van der Waals surface area contributed by atoms with Crippen LogP contribution in [0.5, 0.6) is 11.5 Å². The Labute approximate surface area is 157 Å². The highest BCUT2D eigenvalue weighted by Crippen LogP contribution is 2.23. The molecule has 4 nitrogen and oxygen atoms in total. The molecule has 5 heteroatoms. The quantitative estimate of drug-likeness (QED) is 0.653. The average molecular weight is 368 g/mol. The third-order valence-electron chi connectivity index (χ3n) is 3.78. The third kappa shape index (κ3) is 4.55. The van der Waals surface area contributed by atoms with Crippen LogP contribution < -0.4 is 14.8 Å². The van der Waals surface area contributed by atoms with E-state index in [-0.39, 0.29) is 5.91 Å². The third-order valence-corrected chi connectivity index (χ3v) is 4.03. The minimum atomic E-state index is -0.212. The van der Waals surface area contributed by atoms with E-state index in [1.165, 1.54) is 0 Å². The lowest BCUT2D eigenvalue weighted by Crippen LogP contribution is -2.12. The highest BCUT2D eigenvalue weighted by atomic mass is 35.5. The van der Waals surface area contributed by atoms with Crippen molar-refractivity contribution in [2.45, 2.75) is 6.61 Å². The second-order valence-corrected chi connectivity index (χ2v) is 6.03. The smallest absolute Gasteiger partial charge is 0.255 e. The molecule has 3 aromatic carbocycles. The van der Waals surface area contributed by atoms with Crippen LogP contribution in [0, 0.1) is 0 Å². The van der Waals surface area contributed by atoms with Gasteiger partial charge >= 0.3 is 0 Å². The van der Waals surface area contributed by atoms with Gasteiger partial charge in [-0.15, -0.1) is 0 Å². The lowest BCUT2D eigenvalue weighted by atomic mass is 10.1. The molecule has 0 aromatic heterocycles. The summed E-state index contributed by atoms with van der Waals surface area (Å²) in [6, 6.07) is 21.7. The summed E-state index contributed by atoms with van der Waals surface area (Å²) >= 11 is 5.86. The van der Waals surface area contributed by atoms with Gasteiger partial charge in [0.05, 0.1) is 7.11 Å². The van der Waals surface area contributed by atoms with Crippen molar-refractivity contribution in [1.29, 1.82) is 0 Å². The Morgan fingerprint density at radius 3 is 2.42 bits per heavy atom. The van der Waals surface area contributed by atoms with Gasteiger partial charge in [0, 0.05) is 21.8 Å². The minimum absolute atomic E-state index is 0.212. The normalized spacial score (nSPS) is 10.2. The number of hydrogen-bond donors (Lipinski definition) is 1. The Bertz CT molecular complexity index is 880. The molecule has 3 aromatic rings. The van der Waals surface area contributed by atoms with E-state index < -0.39 is 0 Å². The van der Waals surface area contributed by atoms with Crippen LogP contribution >= 0.6 is 11.6 Å². The Balaban J connectivity index is 1.75. The zero-order valence-electron chi connectivity index (χ0n) is 14.2. The van der Waals surface area contributed by atoms with Crippen molar-refractivity contribution in [3.05, 3.63) is 88.9 Å². The molecule has 1 amide bonds. The van der Waals surface area contributed by atoms with Gasteiger partial charge in [-0.1, -0.05) is 29.8 Å². The number of para-hydroxylation sites is 1. The summed E-state index contributed by atoms with van der Waals surface area (Å²) in [4.78, 5) is 12.5. The number of hydrogen-bond acceptors (Lipinski definition) is 3. The number of carbonyl (C=O) groups excluding carboxylic acids is 1. The number of halogens is 1. The first-order valence-corrected chi connectivity index (χ1v) is 8.45. The summed E-state index contributed by atoms with van der Waals surface area (Å²) < 4.78 is 11.1. The van der Waals surface area contributed by atoms with Gasteiger partial charge in [0.1, 0.15) is 18.1 Å². The molecule has 0 aliphatic rings. The van der Waals surface area contributed by atoms with Gasteiger partial charge in [0.15, 0.2) is 0 Å². The topological polar surface area (TPSA) is 47.6 Å². The number of ether oxygens (including phenoxy) is 2.